The third-order valence-electron chi connectivity index (χ3n) is 2.37. The largest absolute Gasteiger partial charge is 0.326 e. The Bertz CT molecular complexity index is 86.1. The Balaban J connectivity index is 0.000001000. The molecule has 2 unspecified atom stereocenters. The number of hydrogen-bond donors (Lipinski definition) is 2. The van der Waals surface area contributed by atoms with Crippen molar-refractivity contribution in [1.82, 2.24) is 0 Å². The van der Waals surface area contributed by atoms with E-state index >= 15 is 0 Å². The molecule has 0 spiro atoms. The minimum Gasteiger partial charge on any atom is -0.326 e. The van der Waals surface area contributed by atoms with E-state index in [1.54, 1.807) is 0 Å². The monoisotopic (exact) mass is 337 g/mol. The fourth-order valence-electron chi connectivity index (χ4n) is 1.54. The summed E-state index contributed by atoms with van der Waals surface area (Å²) in [6.07, 6.45) is 7.49. The first-order valence-corrected chi connectivity index (χ1v) is 4.32. The summed E-state index contributed by atoms with van der Waals surface area (Å²) in [6, 6.07) is 0.528. The van der Waals surface area contributed by atoms with Crippen molar-refractivity contribution in [3.63, 3.8) is 0 Å². The average molecular weight is 337 g/mol. The molecule has 11 heavy (non-hydrogen) atoms. The zero-order valence-corrected chi connectivity index (χ0v) is 9.14. The second kappa shape index (κ2) is 6.16. The van der Waals surface area contributed by atoms with Crippen molar-refractivity contribution < 1.29 is 21.1 Å². The van der Waals surface area contributed by atoms with E-state index in [4.69, 9.17) is 11.5 Å². The zero-order valence-electron chi connectivity index (χ0n) is 6.87. The van der Waals surface area contributed by atoms with E-state index in [0.717, 1.165) is 12.8 Å². The second-order valence-corrected chi connectivity index (χ2v) is 3.32. The summed E-state index contributed by atoms with van der Waals surface area (Å²) in [5.74, 6) is 0. The molecule has 0 aromatic carbocycles. The molecule has 1 aliphatic rings. The first-order chi connectivity index (χ1) is 4.80. The normalized spacial score (nSPS) is 33.3. The Morgan fingerprint density at radius 1 is 0.727 bits per heavy atom. The molecule has 0 radical (unpaired) electrons. The Hall–Kier alpha value is 0.608. The summed E-state index contributed by atoms with van der Waals surface area (Å²) < 4.78 is 0. The predicted molar refractivity (Wildman–Crippen MR) is 43.7 cm³/mol. The zero-order chi connectivity index (χ0) is 7.40. The molecule has 0 saturated heterocycles. The standard InChI is InChI=1S/C8H18N2.Pt/c9-7-5-3-1-2-4-6-8(7)10;/h7-8H,1-6,9-10H2;. The third kappa shape index (κ3) is 4.24. The van der Waals surface area contributed by atoms with Gasteiger partial charge >= 0.3 is 0 Å². The SMILES string of the molecule is NC1CCCCCCC1N.[Pt]. The van der Waals surface area contributed by atoms with E-state index in [1.807, 2.05) is 0 Å². The van der Waals surface area contributed by atoms with Gasteiger partial charge in [-0.15, -0.1) is 0 Å². The van der Waals surface area contributed by atoms with Crippen LogP contribution in [0, 0.1) is 0 Å². The van der Waals surface area contributed by atoms with Crippen molar-refractivity contribution in [2.24, 2.45) is 11.5 Å². The first kappa shape index (κ1) is 11.6. The van der Waals surface area contributed by atoms with E-state index in [9.17, 15) is 0 Å². The van der Waals surface area contributed by atoms with Gasteiger partial charge in [0.2, 0.25) is 0 Å². The van der Waals surface area contributed by atoms with Crippen molar-refractivity contribution in [3.8, 4) is 0 Å². The molecule has 3 heteroatoms. The molecule has 0 heterocycles. The first-order valence-electron chi connectivity index (χ1n) is 4.32. The summed E-state index contributed by atoms with van der Waals surface area (Å²) in [4.78, 5) is 0. The number of rotatable bonds is 0. The maximum absolute atomic E-state index is 5.82. The van der Waals surface area contributed by atoms with Gasteiger partial charge in [-0.05, 0) is 12.8 Å². The average Bonchev–Trinajstić information content (AvgIpc) is 1.92. The van der Waals surface area contributed by atoms with Crippen molar-refractivity contribution in [3.05, 3.63) is 0 Å². The fraction of sp³-hybridized carbons (Fsp3) is 1.00. The van der Waals surface area contributed by atoms with Crippen LogP contribution in [0.5, 0.6) is 0 Å². The fourth-order valence-corrected chi connectivity index (χ4v) is 1.54. The van der Waals surface area contributed by atoms with Crippen LogP contribution < -0.4 is 11.5 Å². The molecule has 1 saturated carbocycles. The molecule has 2 atom stereocenters. The molecule has 1 aliphatic carbocycles. The Labute approximate surface area is 83.4 Å². The predicted octanol–water partition coefficient (Wildman–Crippen LogP) is 0.993. The topological polar surface area (TPSA) is 52.0 Å². The van der Waals surface area contributed by atoms with E-state index in [-0.39, 0.29) is 33.1 Å². The molecule has 70 valence electrons. The van der Waals surface area contributed by atoms with Gasteiger partial charge in [0.1, 0.15) is 0 Å². The van der Waals surface area contributed by atoms with Crippen LogP contribution in [0.3, 0.4) is 0 Å². The van der Waals surface area contributed by atoms with Gasteiger partial charge in [-0.25, -0.2) is 0 Å². The van der Waals surface area contributed by atoms with Gasteiger partial charge in [-0.3, -0.25) is 0 Å². The molecule has 0 amide bonds. The van der Waals surface area contributed by atoms with E-state index in [0.29, 0.717) is 0 Å². The minimum absolute atomic E-state index is 0. The summed E-state index contributed by atoms with van der Waals surface area (Å²) in [7, 11) is 0. The molecule has 0 aromatic heterocycles. The van der Waals surface area contributed by atoms with E-state index in [1.165, 1.54) is 25.7 Å². The molecule has 4 N–H and O–H groups in total. The van der Waals surface area contributed by atoms with Gasteiger partial charge in [-0.2, -0.15) is 0 Å². The maximum atomic E-state index is 5.82. The summed E-state index contributed by atoms with van der Waals surface area (Å²) in [5, 5.41) is 0. The third-order valence-corrected chi connectivity index (χ3v) is 2.37. The van der Waals surface area contributed by atoms with Crippen LogP contribution in [0.2, 0.25) is 0 Å². The smallest absolute Gasteiger partial charge is 0.0192 e. The van der Waals surface area contributed by atoms with Crippen molar-refractivity contribution in [2.75, 3.05) is 0 Å². The Morgan fingerprint density at radius 2 is 1.09 bits per heavy atom. The van der Waals surface area contributed by atoms with Gasteiger partial charge in [0.15, 0.2) is 0 Å². The summed E-state index contributed by atoms with van der Waals surface area (Å²) in [6.45, 7) is 0. The molecule has 0 aliphatic heterocycles. The number of nitrogens with two attached hydrogens (primary N) is 2. The Kier molecular flexibility index (Phi) is 6.50. The molecule has 0 bridgehead atoms. The van der Waals surface area contributed by atoms with Gasteiger partial charge in [0.25, 0.3) is 0 Å². The second-order valence-electron chi connectivity index (χ2n) is 3.32. The summed E-state index contributed by atoms with van der Waals surface area (Å²) >= 11 is 0. The maximum Gasteiger partial charge on any atom is 0.0192 e. The van der Waals surface area contributed by atoms with Crippen LogP contribution in [0.15, 0.2) is 0 Å². The van der Waals surface area contributed by atoms with E-state index in [2.05, 4.69) is 0 Å². The van der Waals surface area contributed by atoms with Gasteiger partial charge in [0, 0.05) is 33.1 Å². The van der Waals surface area contributed by atoms with Crippen LogP contribution in [0.25, 0.3) is 0 Å². The molecular weight excluding hydrogens is 319 g/mol. The van der Waals surface area contributed by atoms with Crippen LogP contribution in [0.1, 0.15) is 38.5 Å². The van der Waals surface area contributed by atoms with Crippen molar-refractivity contribution in [1.29, 1.82) is 0 Å². The minimum atomic E-state index is 0. The van der Waals surface area contributed by atoms with Crippen molar-refractivity contribution >= 4 is 0 Å². The molecule has 1 rings (SSSR count). The van der Waals surface area contributed by atoms with Crippen LogP contribution >= 0.6 is 0 Å². The van der Waals surface area contributed by atoms with Gasteiger partial charge < -0.3 is 11.5 Å². The van der Waals surface area contributed by atoms with Crippen molar-refractivity contribution in [2.45, 2.75) is 50.6 Å². The molecule has 2 nitrogen and oxygen atoms in total. The number of hydrogen-bond acceptors (Lipinski definition) is 2. The van der Waals surface area contributed by atoms with Gasteiger partial charge in [-0.1, -0.05) is 25.7 Å². The Morgan fingerprint density at radius 3 is 1.45 bits per heavy atom. The van der Waals surface area contributed by atoms with Crippen LogP contribution in [-0.2, 0) is 21.1 Å². The van der Waals surface area contributed by atoms with Crippen LogP contribution in [0.4, 0.5) is 0 Å². The van der Waals surface area contributed by atoms with E-state index < -0.39 is 0 Å². The molecule has 1 fully saturated rings. The van der Waals surface area contributed by atoms with Gasteiger partial charge in [0.05, 0.1) is 0 Å². The van der Waals surface area contributed by atoms with Crippen LogP contribution in [-0.4, -0.2) is 12.1 Å². The molecular formula is C8H18N2Pt. The summed E-state index contributed by atoms with van der Waals surface area (Å²) in [5.41, 5.74) is 11.6. The molecule has 0 aromatic rings. The quantitative estimate of drug-likeness (QED) is 0.693.